The molecule has 0 unspecified atom stereocenters. The van der Waals surface area contributed by atoms with Gasteiger partial charge in [-0.2, -0.15) is 5.26 Å². The van der Waals surface area contributed by atoms with Gasteiger partial charge in [-0.3, -0.25) is 4.90 Å². The molecule has 1 fully saturated rings. The topological polar surface area (TPSA) is 86.5 Å². The molecule has 0 amide bonds. The fourth-order valence-corrected chi connectivity index (χ4v) is 5.21. The lowest BCUT2D eigenvalue weighted by Crippen LogP contribution is -2.49. The van der Waals surface area contributed by atoms with E-state index in [0.717, 1.165) is 25.1 Å². The van der Waals surface area contributed by atoms with Gasteiger partial charge in [-0.25, -0.2) is 9.78 Å². The van der Waals surface area contributed by atoms with Gasteiger partial charge in [0.25, 0.3) is 0 Å². The minimum Gasteiger partial charge on any atom is -0.493 e. The van der Waals surface area contributed by atoms with Crippen LogP contribution in [0.1, 0.15) is 48.3 Å². The van der Waals surface area contributed by atoms with E-state index >= 15 is 0 Å². The number of ether oxygens (including phenoxy) is 1. The number of pyridine rings is 1. The van der Waals surface area contributed by atoms with E-state index in [4.69, 9.17) is 4.74 Å². The summed E-state index contributed by atoms with van der Waals surface area (Å²) in [5, 5.41) is 20.6. The van der Waals surface area contributed by atoms with Crippen molar-refractivity contribution in [3.63, 3.8) is 0 Å². The molecule has 1 N–H and O–H groups in total. The lowest BCUT2D eigenvalue weighted by molar-refractivity contribution is 0.0679. The Balaban J connectivity index is 1.70. The average Bonchev–Trinajstić information content (AvgIpc) is 2.89. The summed E-state index contributed by atoms with van der Waals surface area (Å²) in [6.07, 6.45) is 1.33. The second-order valence-electron chi connectivity index (χ2n) is 8.99. The van der Waals surface area contributed by atoms with Gasteiger partial charge in [-0.05, 0) is 43.0 Å². The molecule has 1 aliphatic heterocycles. The molecule has 4 rings (SSSR count). The number of nitriles is 1. The van der Waals surface area contributed by atoms with Crippen LogP contribution in [-0.2, 0) is 12.0 Å². The van der Waals surface area contributed by atoms with Crippen LogP contribution in [-0.4, -0.2) is 40.7 Å². The number of carboxylic acids is 1. The van der Waals surface area contributed by atoms with Crippen LogP contribution in [0.4, 0.5) is 0 Å². The molecule has 6 heteroatoms. The molecule has 2 aromatic carbocycles. The van der Waals surface area contributed by atoms with Crippen molar-refractivity contribution in [3.05, 3.63) is 83.6 Å². The van der Waals surface area contributed by atoms with E-state index < -0.39 is 11.4 Å². The van der Waals surface area contributed by atoms with E-state index in [9.17, 15) is 15.2 Å². The van der Waals surface area contributed by atoms with E-state index in [1.54, 1.807) is 6.07 Å². The Kier molecular flexibility index (Phi) is 7.48. The van der Waals surface area contributed by atoms with Gasteiger partial charge >= 0.3 is 5.97 Å². The molecule has 0 radical (unpaired) electrons. The van der Waals surface area contributed by atoms with Crippen molar-refractivity contribution in [2.24, 2.45) is 5.92 Å². The zero-order valence-electron chi connectivity index (χ0n) is 20.3. The first kappa shape index (κ1) is 24.4. The highest BCUT2D eigenvalue weighted by molar-refractivity contribution is 5.89. The molecule has 3 aromatic rings. The maximum Gasteiger partial charge on any atom is 0.354 e. The number of likely N-dealkylation sites (tertiary alicyclic amines) is 1. The van der Waals surface area contributed by atoms with Gasteiger partial charge in [0.15, 0.2) is 5.69 Å². The SMILES string of the molecule is CCOc1ccccc1-c1ccc([C@]2(C#N)CCN(Cc3ccccc3)C[C@H]2CC)c(C(=O)O)n1. The van der Waals surface area contributed by atoms with E-state index in [1.807, 2.05) is 55.5 Å². The highest BCUT2D eigenvalue weighted by Crippen LogP contribution is 2.43. The fraction of sp³-hybridized carbons (Fsp3) is 0.345. The van der Waals surface area contributed by atoms with Crippen molar-refractivity contribution < 1.29 is 14.6 Å². The molecule has 2 heterocycles. The number of carbonyl (C=O) groups is 1. The number of aromatic carboxylic acids is 1. The number of carboxylic acid groups (broad SMARTS) is 1. The maximum absolute atomic E-state index is 12.4. The molecule has 2 atom stereocenters. The van der Waals surface area contributed by atoms with Crippen LogP contribution in [0, 0.1) is 17.2 Å². The summed E-state index contributed by atoms with van der Waals surface area (Å²) in [4.78, 5) is 19.3. The largest absolute Gasteiger partial charge is 0.493 e. The van der Waals surface area contributed by atoms with E-state index in [0.29, 0.717) is 36.6 Å². The molecular formula is C29H31N3O3. The Bertz CT molecular complexity index is 1220. The minimum absolute atomic E-state index is 0.00794. The van der Waals surface area contributed by atoms with Crippen molar-refractivity contribution >= 4 is 5.97 Å². The van der Waals surface area contributed by atoms with Gasteiger partial charge in [-0.15, -0.1) is 0 Å². The quantitative estimate of drug-likeness (QED) is 0.466. The van der Waals surface area contributed by atoms with Crippen LogP contribution >= 0.6 is 0 Å². The molecule has 180 valence electrons. The maximum atomic E-state index is 12.4. The summed E-state index contributed by atoms with van der Waals surface area (Å²) in [6, 6.07) is 23.9. The van der Waals surface area contributed by atoms with Crippen LogP contribution < -0.4 is 4.74 Å². The normalized spacial score (nSPS) is 20.2. The fourth-order valence-electron chi connectivity index (χ4n) is 5.21. The van der Waals surface area contributed by atoms with E-state index in [2.05, 4.69) is 35.0 Å². The number of hydrogen-bond donors (Lipinski definition) is 1. The molecular weight excluding hydrogens is 438 g/mol. The van der Waals surface area contributed by atoms with E-state index in [1.165, 1.54) is 5.56 Å². The summed E-state index contributed by atoms with van der Waals surface area (Å²) in [6.45, 7) is 6.73. The predicted molar refractivity (Wildman–Crippen MR) is 135 cm³/mol. The first-order chi connectivity index (χ1) is 17.0. The van der Waals surface area contributed by atoms with Gasteiger partial charge in [0.05, 0.1) is 23.8 Å². The van der Waals surface area contributed by atoms with Crippen molar-refractivity contribution in [1.29, 1.82) is 5.26 Å². The standard InChI is InChI=1S/C29H31N3O3/c1-3-22-19-32(18-21-10-6-5-7-11-21)17-16-29(22,20-30)24-14-15-25(31-27(24)28(33)34)23-12-8-9-13-26(23)35-4-2/h5-15,22H,3-4,16-19H2,1-2H3,(H,33,34)/t22-,29+/m1/s1. The van der Waals surface area contributed by atoms with Gasteiger partial charge in [0, 0.05) is 30.8 Å². The first-order valence-corrected chi connectivity index (χ1v) is 12.2. The molecule has 0 saturated carbocycles. The van der Waals surface area contributed by atoms with Crippen LogP contribution in [0.5, 0.6) is 5.75 Å². The van der Waals surface area contributed by atoms with Crippen molar-refractivity contribution in [2.75, 3.05) is 19.7 Å². The summed E-state index contributed by atoms with van der Waals surface area (Å²) in [5.74, 6) is -0.472. The molecule has 0 aliphatic carbocycles. The van der Waals surface area contributed by atoms with E-state index in [-0.39, 0.29) is 11.6 Å². The molecule has 6 nitrogen and oxygen atoms in total. The van der Waals surface area contributed by atoms with Gasteiger partial charge in [-0.1, -0.05) is 61.9 Å². The number of piperidine rings is 1. The van der Waals surface area contributed by atoms with Crippen LogP contribution in [0.15, 0.2) is 66.7 Å². The molecule has 0 bridgehead atoms. The molecule has 1 aliphatic rings. The number of para-hydroxylation sites is 1. The number of hydrogen-bond acceptors (Lipinski definition) is 5. The Labute approximate surface area is 206 Å². The Morgan fingerprint density at radius 1 is 1.14 bits per heavy atom. The third-order valence-electron chi connectivity index (χ3n) is 6.98. The predicted octanol–water partition coefficient (Wildman–Crippen LogP) is 5.54. The van der Waals surface area contributed by atoms with Gasteiger partial charge < -0.3 is 9.84 Å². The minimum atomic E-state index is -1.12. The number of benzene rings is 2. The van der Waals surface area contributed by atoms with Gasteiger partial charge in [0.2, 0.25) is 0 Å². The number of nitrogens with zero attached hydrogens (tertiary/aromatic N) is 3. The van der Waals surface area contributed by atoms with Crippen LogP contribution in [0.2, 0.25) is 0 Å². The summed E-state index contributed by atoms with van der Waals surface area (Å²) < 4.78 is 5.73. The zero-order chi connectivity index (χ0) is 24.8. The van der Waals surface area contributed by atoms with Crippen molar-refractivity contribution in [3.8, 4) is 23.1 Å². The first-order valence-electron chi connectivity index (χ1n) is 12.2. The van der Waals surface area contributed by atoms with Crippen molar-refractivity contribution in [1.82, 2.24) is 9.88 Å². The Morgan fingerprint density at radius 2 is 1.89 bits per heavy atom. The Morgan fingerprint density at radius 3 is 2.57 bits per heavy atom. The third kappa shape index (κ3) is 4.91. The highest BCUT2D eigenvalue weighted by Gasteiger charge is 2.46. The smallest absolute Gasteiger partial charge is 0.354 e. The lowest BCUT2D eigenvalue weighted by Gasteiger charge is -2.44. The molecule has 1 saturated heterocycles. The third-order valence-corrected chi connectivity index (χ3v) is 6.98. The summed E-state index contributed by atoms with van der Waals surface area (Å²) in [5.41, 5.74) is 2.05. The van der Waals surface area contributed by atoms with Gasteiger partial charge in [0.1, 0.15) is 5.75 Å². The molecule has 0 spiro atoms. The zero-order valence-corrected chi connectivity index (χ0v) is 20.3. The second kappa shape index (κ2) is 10.7. The molecule has 35 heavy (non-hydrogen) atoms. The van der Waals surface area contributed by atoms with Crippen LogP contribution in [0.3, 0.4) is 0 Å². The number of aromatic nitrogens is 1. The lowest BCUT2D eigenvalue weighted by atomic mass is 9.65. The summed E-state index contributed by atoms with van der Waals surface area (Å²) >= 11 is 0. The average molecular weight is 470 g/mol. The van der Waals surface area contributed by atoms with Crippen molar-refractivity contribution in [2.45, 2.75) is 38.6 Å². The Hall–Kier alpha value is -3.69. The molecule has 1 aromatic heterocycles. The number of rotatable bonds is 8. The summed E-state index contributed by atoms with van der Waals surface area (Å²) in [7, 11) is 0. The monoisotopic (exact) mass is 469 g/mol. The van der Waals surface area contributed by atoms with Crippen LogP contribution in [0.25, 0.3) is 11.3 Å². The highest BCUT2D eigenvalue weighted by atomic mass is 16.5. The second-order valence-corrected chi connectivity index (χ2v) is 8.99.